The third-order valence-electron chi connectivity index (χ3n) is 2.82. The number of ether oxygens (including phenoxy) is 1. The van der Waals surface area contributed by atoms with Crippen LogP contribution in [0.15, 0.2) is 0 Å². The number of methoxy groups -OCH3 is 1. The zero-order valence-corrected chi connectivity index (χ0v) is 11.9. The van der Waals surface area contributed by atoms with Crippen LogP contribution in [0.25, 0.3) is 0 Å². The largest absolute Gasteiger partial charge is 0.480 e. The van der Waals surface area contributed by atoms with E-state index >= 15 is 0 Å². The Morgan fingerprint density at radius 1 is 1.32 bits per heavy atom. The van der Waals surface area contributed by atoms with Gasteiger partial charge in [-0.25, -0.2) is 9.59 Å². The van der Waals surface area contributed by atoms with Gasteiger partial charge in [-0.3, -0.25) is 4.79 Å². The van der Waals surface area contributed by atoms with E-state index in [0.717, 1.165) is 0 Å². The SMILES string of the molecule is CCCC(C)(NC(=O)N(CC)CC(=O)OC)C(=O)O. The molecular weight excluding hydrogens is 252 g/mol. The van der Waals surface area contributed by atoms with Gasteiger partial charge in [-0.1, -0.05) is 13.3 Å². The molecule has 0 aliphatic carbocycles. The van der Waals surface area contributed by atoms with Crippen LogP contribution in [0.3, 0.4) is 0 Å². The van der Waals surface area contributed by atoms with E-state index in [1.165, 1.54) is 18.9 Å². The summed E-state index contributed by atoms with van der Waals surface area (Å²) in [5.41, 5.74) is -1.34. The molecule has 0 aliphatic heterocycles. The van der Waals surface area contributed by atoms with Crippen molar-refractivity contribution in [2.24, 2.45) is 0 Å². The number of carboxylic acid groups (broad SMARTS) is 1. The van der Waals surface area contributed by atoms with Gasteiger partial charge in [-0.2, -0.15) is 0 Å². The Labute approximate surface area is 112 Å². The van der Waals surface area contributed by atoms with Crippen LogP contribution in [0.4, 0.5) is 4.79 Å². The molecule has 0 rings (SSSR count). The molecule has 1 atom stereocenters. The summed E-state index contributed by atoms with van der Waals surface area (Å²) in [5.74, 6) is -1.65. The van der Waals surface area contributed by atoms with Crippen molar-refractivity contribution in [1.82, 2.24) is 10.2 Å². The van der Waals surface area contributed by atoms with Crippen LogP contribution in [0, 0.1) is 0 Å². The second kappa shape index (κ2) is 7.60. The molecule has 1 unspecified atom stereocenters. The zero-order valence-electron chi connectivity index (χ0n) is 11.9. The predicted octanol–water partition coefficient (Wildman–Crippen LogP) is 0.834. The number of hydrogen-bond acceptors (Lipinski definition) is 4. The average Bonchev–Trinajstić information content (AvgIpc) is 2.35. The second-order valence-electron chi connectivity index (χ2n) is 4.41. The highest BCUT2D eigenvalue weighted by Gasteiger charge is 2.35. The lowest BCUT2D eigenvalue weighted by Crippen LogP contribution is -2.56. The fourth-order valence-corrected chi connectivity index (χ4v) is 1.59. The van der Waals surface area contributed by atoms with Crippen LogP contribution in [0.1, 0.15) is 33.6 Å². The Kier molecular flexibility index (Phi) is 6.89. The van der Waals surface area contributed by atoms with E-state index in [9.17, 15) is 19.5 Å². The topological polar surface area (TPSA) is 95.9 Å². The highest BCUT2D eigenvalue weighted by Crippen LogP contribution is 2.13. The fraction of sp³-hybridized carbons (Fsp3) is 0.750. The summed E-state index contributed by atoms with van der Waals surface area (Å²) in [7, 11) is 1.23. The molecule has 0 radical (unpaired) electrons. The number of rotatable bonds is 7. The van der Waals surface area contributed by atoms with Crippen LogP contribution in [-0.2, 0) is 14.3 Å². The number of carbonyl (C=O) groups is 3. The summed E-state index contributed by atoms with van der Waals surface area (Å²) >= 11 is 0. The number of aliphatic carboxylic acids is 1. The maximum atomic E-state index is 12.0. The van der Waals surface area contributed by atoms with Crippen molar-refractivity contribution >= 4 is 18.0 Å². The lowest BCUT2D eigenvalue weighted by atomic mass is 9.96. The Morgan fingerprint density at radius 3 is 2.26 bits per heavy atom. The predicted molar refractivity (Wildman–Crippen MR) is 68.7 cm³/mol. The standard InChI is InChI=1S/C12H22N2O5/c1-5-7-12(3,10(16)17)13-11(18)14(6-2)8-9(15)19-4/h5-8H2,1-4H3,(H,13,18)(H,16,17). The normalized spacial score (nSPS) is 13.3. The molecule has 0 saturated heterocycles. The van der Waals surface area contributed by atoms with E-state index in [-0.39, 0.29) is 13.1 Å². The minimum Gasteiger partial charge on any atom is -0.480 e. The summed E-state index contributed by atoms with van der Waals surface area (Å²) in [4.78, 5) is 35.5. The van der Waals surface area contributed by atoms with Gasteiger partial charge >= 0.3 is 18.0 Å². The summed E-state index contributed by atoms with van der Waals surface area (Å²) in [6, 6.07) is -0.591. The molecular formula is C12H22N2O5. The average molecular weight is 274 g/mol. The Bertz CT molecular complexity index is 345. The van der Waals surface area contributed by atoms with Crippen LogP contribution in [-0.4, -0.2) is 53.7 Å². The minimum atomic E-state index is -1.34. The van der Waals surface area contributed by atoms with E-state index in [1.54, 1.807) is 6.92 Å². The first-order valence-electron chi connectivity index (χ1n) is 6.18. The molecule has 0 aromatic rings. The number of hydrogen-bond donors (Lipinski definition) is 2. The summed E-state index contributed by atoms with van der Waals surface area (Å²) in [5, 5.41) is 11.6. The van der Waals surface area contributed by atoms with Crippen LogP contribution in [0.2, 0.25) is 0 Å². The highest BCUT2D eigenvalue weighted by molar-refractivity contribution is 5.87. The first-order chi connectivity index (χ1) is 8.80. The first-order valence-corrected chi connectivity index (χ1v) is 6.18. The monoisotopic (exact) mass is 274 g/mol. The molecule has 0 saturated carbocycles. The van der Waals surface area contributed by atoms with Gasteiger partial charge in [0, 0.05) is 6.54 Å². The van der Waals surface area contributed by atoms with Gasteiger partial charge in [0.2, 0.25) is 0 Å². The van der Waals surface area contributed by atoms with E-state index in [2.05, 4.69) is 10.1 Å². The lowest BCUT2D eigenvalue weighted by molar-refractivity contribution is -0.144. The maximum absolute atomic E-state index is 12.0. The van der Waals surface area contributed by atoms with Crippen molar-refractivity contribution < 1.29 is 24.2 Å². The number of esters is 1. The maximum Gasteiger partial charge on any atom is 0.329 e. The molecule has 0 aromatic carbocycles. The summed E-state index contributed by atoms with van der Waals surface area (Å²) < 4.78 is 4.48. The molecule has 0 heterocycles. The molecule has 0 bridgehead atoms. The van der Waals surface area contributed by atoms with E-state index in [4.69, 9.17) is 0 Å². The zero-order chi connectivity index (χ0) is 15.1. The third kappa shape index (κ3) is 5.15. The molecule has 0 spiro atoms. The van der Waals surface area contributed by atoms with Gasteiger partial charge in [0.25, 0.3) is 0 Å². The quantitative estimate of drug-likeness (QED) is 0.670. The number of likely N-dealkylation sites (N-methyl/N-ethyl adjacent to an activating group) is 1. The van der Waals surface area contributed by atoms with Crippen LogP contribution < -0.4 is 5.32 Å². The second-order valence-corrected chi connectivity index (χ2v) is 4.41. The van der Waals surface area contributed by atoms with E-state index in [1.807, 2.05) is 6.92 Å². The van der Waals surface area contributed by atoms with Gasteiger partial charge < -0.3 is 20.1 Å². The molecule has 0 aliphatic rings. The van der Waals surface area contributed by atoms with Gasteiger partial charge in [0.1, 0.15) is 12.1 Å². The smallest absolute Gasteiger partial charge is 0.329 e. The molecule has 7 heteroatoms. The molecule has 0 fully saturated rings. The fourth-order valence-electron chi connectivity index (χ4n) is 1.59. The molecule has 110 valence electrons. The number of nitrogens with one attached hydrogen (secondary N) is 1. The minimum absolute atomic E-state index is 0.208. The molecule has 0 aromatic heterocycles. The summed E-state index contributed by atoms with van der Waals surface area (Å²) in [6.07, 6.45) is 0.927. The number of urea groups is 1. The molecule has 2 amide bonds. The third-order valence-corrected chi connectivity index (χ3v) is 2.82. The van der Waals surface area contributed by atoms with Gasteiger partial charge in [0.05, 0.1) is 7.11 Å². The Balaban J connectivity index is 4.78. The number of amides is 2. The number of carbonyl (C=O) groups excluding carboxylic acids is 2. The number of carboxylic acids is 1. The van der Waals surface area contributed by atoms with Crippen molar-refractivity contribution in [2.45, 2.75) is 39.2 Å². The van der Waals surface area contributed by atoms with Crippen LogP contribution >= 0.6 is 0 Å². The lowest BCUT2D eigenvalue weighted by Gasteiger charge is -2.29. The van der Waals surface area contributed by atoms with Gasteiger partial charge in [-0.05, 0) is 20.3 Å². The Morgan fingerprint density at radius 2 is 1.89 bits per heavy atom. The van der Waals surface area contributed by atoms with Crippen molar-refractivity contribution in [3.05, 3.63) is 0 Å². The summed E-state index contributed by atoms with van der Waals surface area (Å²) in [6.45, 7) is 5.05. The number of nitrogens with zero attached hydrogens (tertiary/aromatic N) is 1. The van der Waals surface area contributed by atoms with Crippen molar-refractivity contribution in [3.63, 3.8) is 0 Å². The molecule has 19 heavy (non-hydrogen) atoms. The Hall–Kier alpha value is -1.79. The highest BCUT2D eigenvalue weighted by atomic mass is 16.5. The van der Waals surface area contributed by atoms with Crippen molar-refractivity contribution in [2.75, 3.05) is 20.2 Å². The van der Waals surface area contributed by atoms with Crippen LogP contribution in [0.5, 0.6) is 0 Å². The van der Waals surface area contributed by atoms with Gasteiger partial charge in [-0.15, -0.1) is 0 Å². The van der Waals surface area contributed by atoms with E-state index in [0.29, 0.717) is 12.8 Å². The van der Waals surface area contributed by atoms with Crippen molar-refractivity contribution in [3.8, 4) is 0 Å². The molecule has 2 N–H and O–H groups in total. The van der Waals surface area contributed by atoms with Crippen molar-refractivity contribution in [1.29, 1.82) is 0 Å². The van der Waals surface area contributed by atoms with E-state index < -0.39 is 23.5 Å². The first kappa shape index (κ1) is 17.2. The van der Waals surface area contributed by atoms with Gasteiger partial charge in [0.15, 0.2) is 0 Å². The molecule has 7 nitrogen and oxygen atoms in total.